The predicted octanol–water partition coefficient (Wildman–Crippen LogP) is 2.33. The minimum atomic E-state index is 0. The highest BCUT2D eigenvalue weighted by Crippen LogP contribution is 2.21. The van der Waals surface area contributed by atoms with Gasteiger partial charge in [0.15, 0.2) is 5.96 Å². The number of amides is 1. The summed E-state index contributed by atoms with van der Waals surface area (Å²) < 4.78 is 0. The maximum Gasteiger partial charge on any atom is 0.234 e. The van der Waals surface area contributed by atoms with Crippen molar-refractivity contribution in [3.8, 4) is 0 Å². The van der Waals surface area contributed by atoms with Crippen LogP contribution in [0.4, 0.5) is 0 Å². The third kappa shape index (κ3) is 7.23. The summed E-state index contributed by atoms with van der Waals surface area (Å²) in [7, 11) is 0. The summed E-state index contributed by atoms with van der Waals surface area (Å²) in [6, 6.07) is 4.73. The van der Waals surface area contributed by atoms with Crippen molar-refractivity contribution in [1.29, 1.82) is 0 Å². The molecule has 2 fully saturated rings. The van der Waals surface area contributed by atoms with Gasteiger partial charge in [-0.2, -0.15) is 0 Å². The molecule has 1 atom stereocenters. The Morgan fingerprint density at radius 3 is 2.67 bits per heavy atom. The van der Waals surface area contributed by atoms with E-state index in [0.717, 1.165) is 58.1 Å². The van der Waals surface area contributed by atoms with Gasteiger partial charge in [-0.15, -0.1) is 35.3 Å². The van der Waals surface area contributed by atoms with Crippen molar-refractivity contribution in [3.05, 3.63) is 22.4 Å². The topological polar surface area (TPSA) is 60.0 Å². The zero-order valence-electron chi connectivity index (χ0n) is 16.3. The molecule has 1 saturated heterocycles. The monoisotopic (exact) mass is 505 g/mol. The molecule has 1 aromatic heterocycles. The summed E-state index contributed by atoms with van der Waals surface area (Å²) in [5.41, 5.74) is 0. The van der Waals surface area contributed by atoms with Crippen molar-refractivity contribution in [1.82, 2.24) is 20.4 Å². The second-order valence-corrected chi connectivity index (χ2v) is 8.20. The van der Waals surface area contributed by atoms with E-state index in [1.165, 1.54) is 4.88 Å². The Labute approximate surface area is 183 Å². The summed E-state index contributed by atoms with van der Waals surface area (Å²) in [4.78, 5) is 22.8. The van der Waals surface area contributed by atoms with Crippen LogP contribution in [0.5, 0.6) is 0 Å². The molecular weight excluding hydrogens is 473 g/mol. The molecule has 0 bridgehead atoms. The molecular formula is C19H32IN5OS. The molecule has 2 heterocycles. The third-order valence-corrected chi connectivity index (χ3v) is 5.96. The highest BCUT2D eigenvalue weighted by atomic mass is 127. The number of hydrogen-bond donors (Lipinski definition) is 2. The minimum Gasteiger partial charge on any atom is -0.357 e. The highest BCUT2D eigenvalue weighted by Gasteiger charge is 2.26. The number of hydrogen-bond acceptors (Lipinski definition) is 4. The van der Waals surface area contributed by atoms with E-state index in [4.69, 9.17) is 4.99 Å². The molecule has 1 amide bonds. The smallest absolute Gasteiger partial charge is 0.234 e. The van der Waals surface area contributed by atoms with Gasteiger partial charge in [-0.05, 0) is 31.2 Å². The predicted molar refractivity (Wildman–Crippen MR) is 123 cm³/mol. The lowest BCUT2D eigenvalue weighted by Crippen LogP contribution is -2.54. The van der Waals surface area contributed by atoms with Gasteiger partial charge >= 0.3 is 0 Å². The molecule has 6 nitrogen and oxygen atoms in total. The molecule has 1 aliphatic carbocycles. The standard InChI is InChI=1S/C19H31N5OS.HI/c1-3-20-19(21-13-15(2)17-5-4-12-26-17)24-10-8-23(9-11-24)14-18(25)22-16-6-7-16;/h4-5,12,15-16H,3,6-11,13-14H2,1-2H3,(H,20,21)(H,22,25);1H. The molecule has 0 aromatic carbocycles. The van der Waals surface area contributed by atoms with E-state index in [2.05, 4.69) is 51.8 Å². The van der Waals surface area contributed by atoms with Crippen LogP contribution in [-0.4, -0.2) is 73.5 Å². The Morgan fingerprint density at radius 2 is 2.07 bits per heavy atom. The number of guanidine groups is 1. The van der Waals surface area contributed by atoms with Crippen molar-refractivity contribution >= 4 is 47.2 Å². The van der Waals surface area contributed by atoms with E-state index < -0.39 is 0 Å². The van der Waals surface area contributed by atoms with Gasteiger partial charge in [0.25, 0.3) is 0 Å². The number of nitrogens with zero attached hydrogens (tertiary/aromatic N) is 3. The van der Waals surface area contributed by atoms with Gasteiger partial charge in [0.1, 0.15) is 0 Å². The zero-order chi connectivity index (χ0) is 18.4. The number of carbonyl (C=O) groups excluding carboxylic acids is 1. The first kappa shape index (κ1) is 22.4. The van der Waals surface area contributed by atoms with Crippen LogP contribution in [0.25, 0.3) is 0 Å². The largest absolute Gasteiger partial charge is 0.357 e. The Balaban J connectivity index is 0.00000261. The van der Waals surface area contributed by atoms with Gasteiger partial charge in [0, 0.05) is 49.6 Å². The van der Waals surface area contributed by atoms with Gasteiger partial charge in [-0.3, -0.25) is 14.7 Å². The summed E-state index contributed by atoms with van der Waals surface area (Å²) >= 11 is 1.80. The molecule has 0 spiro atoms. The van der Waals surface area contributed by atoms with E-state index in [9.17, 15) is 4.79 Å². The van der Waals surface area contributed by atoms with E-state index in [0.29, 0.717) is 18.5 Å². The lowest BCUT2D eigenvalue weighted by molar-refractivity contribution is -0.122. The number of aliphatic imine (C=N–C) groups is 1. The van der Waals surface area contributed by atoms with Gasteiger partial charge < -0.3 is 15.5 Å². The normalized spacial score (nSPS) is 19.3. The number of nitrogens with one attached hydrogen (secondary N) is 2. The van der Waals surface area contributed by atoms with E-state index in [-0.39, 0.29) is 29.9 Å². The van der Waals surface area contributed by atoms with Crippen LogP contribution in [-0.2, 0) is 4.79 Å². The molecule has 3 rings (SSSR count). The fraction of sp³-hybridized carbons (Fsp3) is 0.684. The first-order valence-corrected chi connectivity index (χ1v) is 10.6. The molecule has 2 N–H and O–H groups in total. The molecule has 0 radical (unpaired) electrons. The summed E-state index contributed by atoms with van der Waals surface area (Å²) in [5.74, 6) is 1.61. The van der Waals surface area contributed by atoms with Gasteiger partial charge in [-0.25, -0.2) is 0 Å². The highest BCUT2D eigenvalue weighted by molar-refractivity contribution is 14.0. The number of thiophene rings is 1. The Morgan fingerprint density at radius 1 is 1.33 bits per heavy atom. The summed E-state index contributed by atoms with van der Waals surface area (Å²) in [6.07, 6.45) is 2.29. The van der Waals surface area contributed by atoms with Gasteiger partial charge in [0.2, 0.25) is 5.91 Å². The molecule has 8 heteroatoms. The van der Waals surface area contributed by atoms with Crippen LogP contribution in [0.2, 0.25) is 0 Å². The molecule has 152 valence electrons. The molecule has 1 aromatic rings. The van der Waals surface area contributed by atoms with Crippen molar-refractivity contribution in [2.75, 3.05) is 45.8 Å². The molecule has 1 saturated carbocycles. The van der Waals surface area contributed by atoms with Gasteiger partial charge in [-0.1, -0.05) is 13.0 Å². The molecule has 2 aliphatic rings. The average Bonchev–Trinajstić information content (AvgIpc) is 3.27. The first-order valence-electron chi connectivity index (χ1n) is 9.74. The minimum absolute atomic E-state index is 0. The maximum atomic E-state index is 12.0. The van der Waals surface area contributed by atoms with Crippen molar-refractivity contribution in [3.63, 3.8) is 0 Å². The summed E-state index contributed by atoms with van der Waals surface area (Å²) in [5, 5.41) is 8.62. The van der Waals surface area contributed by atoms with Crippen LogP contribution in [0.3, 0.4) is 0 Å². The van der Waals surface area contributed by atoms with E-state index in [1.54, 1.807) is 11.3 Å². The number of carbonyl (C=O) groups is 1. The number of halogens is 1. The quantitative estimate of drug-likeness (QED) is 0.340. The van der Waals surface area contributed by atoms with Crippen LogP contribution in [0.1, 0.15) is 37.5 Å². The molecule has 1 unspecified atom stereocenters. The van der Waals surface area contributed by atoms with Gasteiger partial charge in [0.05, 0.1) is 13.1 Å². The molecule has 1 aliphatic heterocycles. The fourth-order valence-corrected chi connectivity index (χ4v) is 3.91. The van der Waals surface area contributed by atoms with Crippen molar-refractivity contribution < 1.29 is 4.79 Å². The lowest BCUT2D eigenvalue weighted by Gasteiger charge is -2.36. The van der Waals surface area contributed by atoms with E-state index >= 15 is 0 Å². The van der Waals surface area contributed by atoms with Crippen LogP contribution in [0.15, 0.2) is 22.5 Å². The average molecular weight is 505 g/mol. The Kier molecular flexibility index (Phi) is 9.31. The maximum absolute atomic E-state index is 12.0. The van der Waals surface area contributed by atoms with Crippen LogP contribution >= 0.6 is 35.3 Å². The second kappa shape index (κ2) is 11.2. The molecule has 27 heavy (non-hydrogen) atoms. The van der Waals surface area contributed by atoms with E-state index in [1.807, 2.05) is 0 Å². The van der Waals surface area contributed by atoms with Crippen molar-refractivity contribution in [2.45, 2.75) is 38.6 Å². The summed E-state index contributed by atoms with van der Waals surface area (Å²) in [6.45, 7) is 10.2. The zero-order valence-corrected chi connectivity index (χ0v) is 19.5. The lowest BCUT2D eigenvalue weighted by atomic mass is 10.1. The second-order valence-electron chi connectivity index (χ2n) is 7.22. The van der Waals surface area contributed by atoms with Crippen molar-refractivity contribution in [2.24, 2.45) is 4.99 Å². The Hall–Kier alpha value is -0.870. The number of piperazine rings is 1. The SMILES string of the molecule is CCNC(=NCC(C)c1cccs1)N1CCN(CC(=O)NC2CC2)CC1.I. The number of rotatable bonds is 7. The fourth-order valence-electron chi connectivity index (χ4n) is 3.13. The Bertz CT molecular complexity index is 597. The first-order chi connectivity index (χ1) is 12.7. The van der Waals surface area contributed by atoms with Crippen LogP contribution in [0, 0.1) is 0 Å². The van der Waals surface area contributed by atoms with Crippen LogP contribution < -0.4 is 10.6 Å². The third-order valence-electron chi connectivity index (χ3n) is 4.86.